The smallest absolute Gasteiger partial charge is 0.176 e. The molecule has 0 saturated carbocycles. The molecule has 0 aliphatic carbocycles. The summed E-state index contributed by atoms with van der Waals surface area (Å²) in [7, 11) is 0. The van der Waals surface area contributed by atoms with E-state index in [0.29, 0.717) is 24.5 Å². The Labute approximate surface area is 123 Å². The Balaban J connectivity index is 2.04. The van der Waals surface area contributed by atoms with Crippen LogP contribution in [0.5, 0.6) is 0 Å². The number of benzene rings is 1. The van der Waals surface area contributed by atoms with E-state index in [1.165, 1.54) is 18.4 Å². The Hall–Kier alpha value is -1.15. The molecule has 2 unspecified atom stereocenters. The zero-order valence-corrected chi connectivity index (χ0v) is 13.2. The summed E-state index contributed by atoms with van der Waals surface area (Å²) in [6.45, 7) is 9.38. The van der Waals surface area contributed by atoms with Crippen LogP contribution in [0.1, 0.15) is 68.8 Å². The summed E-state index contributed by atoms with van der Waals surface area (Å²) in [5.74, 6) is 0.773. The molecule has 0 aromatic heterocycles. The first-order chi connectivity index (χ1) is 9.52. The fourth-order valence-corrected chi connectivity index (χ4v) is 3.16. The van der Waals surface area contributed by atoms with Crippen molar-refractivity contribution in [2.24, 2.45) is 0 Å². The lowest BCUT2D eigenvalue weighted by Gasteiger charge is -2.26. The third kappa shape index (κ3) is 3.29. The summed E-state index contributed by atoms with van der Waals surface area (Å²) >= 11 is 0. The Kier molecular flexibility index (Phi) is 4.98. The Morgan fingerprint density at radius 2 is 1.90 bits per heavy atom. The molecule has 1 heterocycles. The molecule has 1 fully saturated rings. The fraction of sp³-hybridized carbons (Fsp3) is 0.611. The van der Waals surface area contributed by atoms with E-state index < -0.39 is 0 Å². The van der Waals surface area contributed by atoms with Crippen LogP contribution in [0.4, 0.5) is 0 Å². The molecule has 1 saturated heterocycles. The first kappa shape index (κ1) is 15.2. The number of carbonyl (C=O) groups excluding carboxylic acids is 1. The first-order valence-electron chi connectivity index (χ1n) is 7.91. The number of hydrogen-bond acceptors (Lipinski definition) is 2. The molecule has 0 radical (unpaired) electrons. The number of likely N-dealkylation sites (tertiary alicyclic amines) is 1. The van der Waals surface area contributed by atoms with Crippen molar-refractivity contribution < 1.29 is 4.79 Å². The van der Waals surface area contributed by atoms with E-state index in [1.54, 1.807) is 0 Å². The third-order valence-corrected chi connectivity index (χ3v) is 4.65. The molecule has 2 rings (SSSR count). The molecular formula is C18H27NO. The zero-order chi connectivity index (χ0) is 14.7. The predicted molar refractivity (Wildman–Crippen MR) is 84.3 cm³/mol. The second-order valence-electron chi connectivity index (χ2n) is 6.36. The van der Waals surface area contributed by atoms with Gasteiger partial charge in [-0.25, -0.2) is 0 Å². The van der Waals surface area contributed by atoms with Gasteiger partial charge in [0.1, 0.15) is 0 Å². The predicted octanol–water partition coefficient (Wildman–Crippen LogP) is 4.26. The van der Waals surface area contributed by atoms with Crippen LogP contribution in [0, 0.1) is 0 Å². The first-order valence-corrected chi connectivity index (χ1v) is 7.91. The highest BCUT2D eigenvalue weighted by molar-refractivity contribution is 5.97. The van der Waals surface area contributed by atoms with Gasteiger partial charge in [-0.1, -0.05) is 45.0 Å². The van der Waals surface area contributed by atoms with Crippen LogP contribution in [0.3, 0.4) is 0 Å². The molecule has 1 aromatic rings. The molecule has 1 aliphatic rings. The number of nitrogens with zero attached hydrogens (tertiary/aromatic N) is 1. The highest BCUT2D eigenvalue weighted by Crippen LogP contribution is 2.26. The van der Waals surface area contributed by atoms with Crippen molar-refractivity contribution in [2.45, 2.75) is 65.0 Å². The van der Waals surface area contributed by atoms with Crippen LogP contribution in [0.25, 0.3) is 0 Å². The van der Waals surface area contributed by atoms with Crippen molar-refractivity contribution in [2.75, 3.05) is 6.54 Å². The van der Waals surface area contributed by atoms with E-state index in [9.17, 15) is 4.79 Å². The van der Waals surface area contributed by atoms with Crippen molar-refractivity contribution in [1.82, 2.24) is 4.90 Å². The third-order valence-electron chi connectivity index (χ3n) is 4.65. The quantitative estimate of drug-likeness (QED) is 0.747. The van der Waals surface area contributed by atoms with Gasteiger partial charge in [0.15, 0.2) is 5.78 Å². The minimum absolute atomic E-state index is 0.257. The van der Waals surface area contributed by atoms with Crippen LogP contribution in [-0.2, 0) is 0 Å². The summed E-state index contributed by atoms with van der Waals surface area (Å²) in [5, 5.41) is 0. The maximum Gasteiger partial charge on any atom is 0.176 e. The molecule has 2 nitrogen and oxygen atoms in total. The summed E-state index contributed by atoms with van der Waals surface area (Å²) in [4.78, 5) is 14.8. The lowest BCUT2D eigenvalue weighted by molar-refractivity contribution is 0.0889. The van der Waals surface area contributed by atoms with E-state index in [1.807, 2.05) is 12.1 Å². The van der Waals surface area contributed by atoms with Crippen LogP contribution < -0.4 is 0 Å². The summed E-state index contributed by atoms with van der Waals surface area (Å²) in [5.41, 5.74) is 2.14. The van der Waals surface area contributed by atoms with Gasteiger partial charge in [0.2, 0.25) is 0 Å². The highest BCUT2D eigenvalue weighted by atomic mass is 16.1. The summed E-state index contributed by atoms with van der Waals surface area (Å²) < 4.78 is 0. The number of ketones is 1. The van der Waals surface area contributed by atoms with Crippen LogP contribution in [-0.4, -0.2) is 29.3 Å². The second kappa shape index (κ2) is 6.53. The zero-order valence-electron chi connectivity index (χ0n) is 13.2. The van der Waals surface area contributed by atoms with Gasteiger partial charge in [-0.3, -0.25) is 9.69 Å². The van der Waals surface area contributed by atoms with Gasteiger partial charge in [-0.2, -0.15) is 0 Å². The van der Waals surface area contributed by atoms with E-state index >= 15 is 0 Å². The number of Topliss-reactive ketones (excluding diaryl/α,β-unsaturated/α-hetero) is 1. The summed E-state index contributed by atoms with van der Waals surface area (Å²) in [6.07, 6.45) is 3.60. The van der Waals surface area contributed by atoms with Gasteiger partial charge in [0.05, 0.1) is 6.54 Å². The van der Waals surface area contributed by atoms with E-state index in [4.69, 9.17) is 0 Å². The van der Waals surface area contributed by atoms with Gasteiger partial charge in [-0.15, -0.1) is 0 Å². The van der Waals surface area contributed by atoms with Gasteiger partial charge < -0.3 is 0 Å². The lowest BCUT2D eigenvalue weighted by atomic mass is 10.0. The van der Waals surface area contributed by atoms with Gasteiger partial charge in [-0.05, 0) is 37.7 Å². The lowest BCUT2D eigenvalue weighted by Crippen LogP contribution is -2.38. The van der Waals surface area contributed by atoms with Gasteiger partial charge >= 0.3 is 0 Å². The van der Waals surface area contributed by atoms with Crippen LogP contribution in [0.2, 0.25) is 0 Å². The maximum atomic E-state index is 12.4. The molecule has 110 valence electrons. The Morgan fingerprint density at radius 1 is 1.25 bits per heavy atom. The number of hydrogen-bond donors (Lipinski definition) is 0. The van der Waals surface area contributed by atoms with E-state index in [-0.39, 0.29) is 5.78 Å². The molecule has 1 aromatic carbocycles. The van der Waals surface area contributed by atoms with E-state index in [2.05, 4.69) is 44.7 Å². The molecule has 2 atom stereocenters. The molecule has 20 heavy (non-hydrogen) atoms. The normalized spacial score (nSPS) is 23.4. The molecule has 0 N–H and O–H groups in total. The van der Waals surface area contributed by atoms with Crippen LogP contribution >= 0.6 is 0 Å². The highest BCUT2D eigenvalue weighted by Gasteiger charge is 2.30. The second-order valence-corrected chi connectivity index (χ2v) is 6.36. The van der Waals surface area contributed by atoms with E-state index in [0.717, 1.165) is 12.0 Å². The minimum Gasteiger partial charge on any atom is -0.293 e. The van der Waals surface area contributed by atoms with Crippen molar-refractivity contribution >= 4 is 5.78 Å². The minimum atomic E-state index is 0.257. The maximum absolute atomic E-state index is 12.4. The monoisotopic (exact) mass is 273 g/mol. The van der Waals surface area contributed by atoms with Crippen molar-refractivity contribution in [1.29, 1.82) is 0 Å². The number of rotatable bonds is 5. The fourth-order valence-electron chi connectivity index (χ4n) is 3.16. The molecule has 2 heteroatoms. The molecule has 0 spiro atoms. The van der Waals surface area contributed by atoms with Crippen molar-refractivity contribution in [3.63, 3.8) is 0 Å². The average Bonchev–Trinajstić information content (AvgIpc) is 2.79. The standard InChI is InChI=1S/C18H27NO/c1-5-17-11-6-14(4)19(17)12-18(20)16-9-7-15(8-10-16)13(2)3/h7-10,13-14,17H,5-6,11-12H2,1-4H3. The Bertz CT molecular complexity index is 449. The SMILES string of the molecule is CCC1CCC(C)N1CC(=O)c1ccc(C(C)C)cc1. The van der Waals surface area contributed by atoms with Crippen LogP contribution in [0.15, 0.2) is 24.3 Å². The topological polar surface area (TPSA) is 20.3 Å². The summed E-state index contributed by atoms with van der Waals surface area (Å²) in [6, 6.07) is 9.27. The molecular weight excluding hydrogens is 246 g/mol. The molecule has 0 bridgehead atoms. The van der Waals surface area contributed by atoms with Gasteiger partial charge in [0, 0.05) is 17.6 Å². The van der Waals surface area contributed by atoms with Crippen molar-refractivity contribution in [3.05, 3.63) is 35.4 Å². The molecule has 0 amide bonds. The van der Waals surface area contributed by atoms with Gasteiger partial charge in [0.25, 0.3) is 0 Å². The largest absolute Gasteiger partial charge is 0.293 e. The molecule has 1 aliphatic heterocycles. The average molecular weight is 273 g/mol. The number of carbonyl (C=O) groups is 1. The Morgan fingerprint density at radius 3 is 2.45 bits per heavy atom. The van der Waals surface area contributed by atoms with Crippen molar-refractivity contribution in [3.8, 4) is 0 Å².